The number of hydrogen-bond donors (Lipinski definition) is 0. The molecule has 0 saturated heterocycles. The molecule has 5 heteroatoms. The number of ether oxygens (including phenoxy) is 2. The number of rotatable bonds is 2. The van der Waals surface area contributed by atoms with Gasteiger partial charge in [-0.15, -0.1) is 0 Å². The third kappa shape index (κ3) is 2.90. The number of fused-ring (bicyclic) bond motifs is 5. The highest BCUT2D eigenvalue weighted by atomic mass is 16.7. The van der Waals surface area contributed by atoms with Gasteiger partial charge in [0.1, 0.15) is 0 Å². The molecular formula is C24H34O5. The van der Waals surface area contributed by atoms with Crippen molar-refractivity contribution in [3.8, 4) is 0 Å². The van der Waals surface area contributed by atoms with Gasteiger partial charge in [0.15, 0.2) is 5.78 Å². The van der Waals surface area contributed by atoms with E-state index in [1.54, 1.807) is 0 Å². The van der Waals surface area contributed by atoms with E-state index in [9.17, 15) is 14.4 Å². The molecule has 4 aliphatic rings. The second kappa shape index (κ2) is 6.68. The van der Waals surface area contributed by atoms with Gasteiger partial charge in [0, 0.05) is 32.1 Å². The van der Waals surface area contributed by atoms with Crippen LogP contribution in [0.3, 0.4) is 0 Å². The number of allylic oxidation sites excluding steroid dienone is 1. The van der Waals surface area contributed by atoms with Gasteiger partial charge < -0.3 is 9.47 Å². The minimum absolute atomic E-state index is 0.0751. The Hall–Kier alpha value is -1.65. The predicted molar refractivity (Wildman–Crippen MR) is 108 cm³/mol. The van der Waals surface area contributed by atoms with Crippen molar-refractivity contribution in [1.29, 1.82) is 0 Å². The summed E-state index contributed by atoms with van der Waals surface area (Å²) in [7, 11) is 0. The Morgan fingerprint density at radius 1 is 1.00 bits per heavy atom. The minimum Gasteiger partial charge on any atom is -0.422 e. The topological polar surface area (TPSA) is 69.7 Å². The average molecular weight is 403 g/mol. The molecule has 0 heterocycles. The molecule has 0 aromatic heterocycles. The lowest BCUT2D eigenvalue weighted by molar-refractivity contribution is -0.274. The first-order chi connectivity index (χ1) is 13.5. The van der Waals surface area contributed by atoms with Gasteiger partial charge in [-0.3, -0.25) is 14.4 Å². The van der Waals surface area contributed by atoms with E-state index < -0.39 is 17.7 Å². The van der Waals surface area contributed by atoms with Crippen molar-refractivity contribution in [2.45, 2.75) is 85.4 Å². The van der Waals surface area contributed by atoms with Crippen LogP contribution in [0.2, 0.25) is 0 Å². The Morgan fingerprint density at radius 2 is 1.62 bits per heavy atom. The highest BCUT2D eigenvalue weighted by molar-refractivity contribution is 5.91. The lowest BCUT2D eigenvalue weighted by atomic mass is 9.45. The van der Waals surface area contributed by atoms with Gasteiger partial charge in [0.2, 0.25) is 0 Å². The van der Waals surface area contributed by atoms with Crippen LogP contribution in [-0.2, 0) is 23.9 Å². The molecule has 3 saturated carbocycles. The van der Waals surface area contributed by atoms with E-state index in [1.807, 2.05) is 6.08 Å². The molecule has 0 aromatic rings. The fourth-order valence-electron chi connectivity index (χ4n) is 7.76. The second-order valence-electron chi connectivity index (χ2n) is 10.4. The molecule has 0 amide bonds. The summed E-state index contributed by atoms with van der Waals surface area (Å²) in [6.07, 6.45) is 7.92. The van der Waals surface area contributed by atoms with E-state index in [-0.39, 0.29) is 16.6 Å². The molecule has 6 atom stereocenters. The lowest BCUT2D eigenvalue weighted by Crippen LogP contribution is -2.58. The number of ketones is 1. The monoisotopic (exact) mass is 402 g/mol. The summed E-state index contributed by atoms with van der Waals surface area (Å²) >= 11 is 0. The molecule has 29 heavy (non-hydrogen) atoms. The van der Waals surface area contributed by atoms with Gasteiger partial charge in [0.05, 0.1) is 0 Å². The van der Waals surface area contributed by atoms with Gasteiger partial charge in [-0.1, -0.05) is 26.3 Å². The zero-order chi connectivity index (χ0) is 21.2. The fraction of sp³-hybridized carbons (Fsp3) is 0.792. The maximum Gasteiger partial charge on any atom is 0.305 e. The SMILES string of the molecule is CC(=O)OC1(OC(C)=O)CC[C@H]2[C@@H]3C[C@H](C)C4=CC(=O)CC[C@]4(C)[C@H]3CC[C@@]21C. The maximum atomic E-state index is 12.1. The molecule has 0 spiro atoms. The summed E-state index contributed by atoms with van der Waals surface area (Å²) in [6, 6.07) is 0. The van der Waals surface area contributed by atoms with Gasteiger partial charge in [-0.2, -0.15) is 0 Å². The molecule has 4 rings (SSSR count). The van der Waals surface area contributed by atoms with Crippen LogP contribution in [0, 0.1) is 34.5 Å². The summed E-state index contributed by atoms with van der Waals surface area (Å²) in [4.78, 5) is 36.0. The Bertz CT molecular complexity index is 766. The first-order valence-electron chi connectivity index (χ1n) is 11.2. The third-order valence-electron chi connectivity index (χ3n) is 8.94. The summed E-state index contributed by atoms with van der Waals surface area (Å²) in [5, 5.41) is 0. The molecule has 5 nitrogen and oxygen atoms in total. The zero-order valence-corrected chi connectivity index (χ0v) is 18.4. The number of carbonyl (C=O) groups is 3. The summed E-state index contributed by atoms with van der Waals surface area (Å²) in [6.45, 7) is 9.57. The van der Waals surface area contributed by atoms with Crippen molar-refractivity contribution in [3.63, 3.8) is 0 Å². The van der Waals surface area contributed by atoms with E-state index in [4.69, 9.17) is 9.47 Å². The second-order valence-corrected chi connectivity index (χ2v) is 10.4. The zero-order valence-electron chi connectivity index (χ0n) is 18.4. The largest absolute Gasteiger partial charge is 0.422 e. The highest BCUT2D eigenvalue weighted by Crippen LogP contribution is 2.69. The summed E-state index contributed by atoms with van der Waals surface area (Å²) in [5.41, 5.74) is 1.06. The minimum atomic E-state index is -1.15. The van der Waals surface area contributed by atoms with E-state index in [0.29, 0.717) is 36.5 Å². The Morgan fingerprint density at radius 3 is 2.24 bits per heavy atom. The third-order valence-corrected chi connectivity index (χ3v) is 8.94. The van der Waals surface area contributed by atoms with E-state index in [0.717, 1.165) is 32.1 Å². The number of hydrogen-bond acceptors (Lipinski definition) is 5. The normalized spacial score (nSPS) is 42.8. The van der Waals surface area contributed by atoms with Gasteiger partial charge in [-0.25, -0.2) is 0 Å². The number of esters is 2. The van der Waals surface area contributed by atoms with Crippen molar-refractivity contribution in [3.05, 3.63) is 11.6 Å². The fourth-order valence-corrected chi connectivity index (χ4v) is 7.76. The quantitative estimate of drug-likeness (QED) is 0.499. The maximum absolute atomic E-state index is 12.1. The van der Waals surface area contributed by atoms with Crippen molar-refractivity contribution in [2.24, 2.45) is 34.5 Å². The molecule has 3 fully saturated rings. The summed E-state index contributed by atoms with van der Waals surface area (Å²) in [5.74, 6) is 0.0826. The molecule has 160 valence electrons. The lowest BCUT2D eigenvalue weighted by Gasteiger charge is -2.60. The molecule has 0 aromatic carbocycles. The van der Waals surface area contributed by atoms with Gasteiger partial charge in [-0.05, 0) is 67.3 Å². The standard InChI is InChI=1S/C24H34O5/c1-14-12-18-19(22(4)9-6-17(27)13-21(14)22)7-10-23(5)20(18)8-11-24(23,28-15(2)25)29-16(3)26/h13-14,18-20H,6-12H2,1-5H3/t14-,18+,19-,20-,22+,23-/m0/s1. The van der Waals surface area contributed by atoms with Crippen LogP contribution in [0.4, 0.5) is 0 Å². The number of carbonyl (C=O) groups excluding carboxylic acids is 3. The molecule has 0 aliphatic heterocycles. The predicted octanol–water partition coefficient (Wildman–Crippen LogP) is 4.59. The smallest absolute Gasteiger partial charge is 0.305 e. The van der Waals surface area contributed by atoms with Crippen LogP contribution in [0.25, 0.3) is 0 Å². The molecule has 0 bridgehead atoms. The highest BCUT2D eigenvalue weighted by Gasteiger charge is 2.68. The van der Waals surface area contributed by atoms with Crippen molar-refractivity contribution < 1.29 is 23.9 Å². The van der Waals surface area contributed by atoms with Crippen molar-refractivity contribution in [2.75, 3.05) is 0 Å². The van der Waals surface area contributed by atoms with Gasteiger partial charge >= 0.3 is 11.9 Å². The molecule has 0 radical (unpaired) electrons. The van der Waals surface area contributed by atoms with E-state index in [2.05, 4.69) is 20.8 Å². The Labute approximate surface area is 173 Å². The molecule has 4 aliphatic carbocycles. The van der Waals surface area contributed by atoms with Crippen LogP contribution in [0.15, 0.2) is 11.6 Å². The average Bonchev–Trinajstić information content (AvgIpc) is 2.88. The Kier molecular flexibility index (Phi) is 4.75. The van der Waals surface area contributed by atoms with Crippen LogP contribution in [0.5, 0.6) is 0 Å². The van der Waals surface area contributed by atoms with E-state index >= 15 is 0 Å². The van der Waals surface area contributed by atoms with E-state index in [1.165, 1.54) is 19.4 Å². The van der Waals surface area contributed by atoms with Gasteiger partial charge in [0.25, 0.3) is 5.79 Å². The van der Waals surface area contributed by atoms with Crippen LogP contribution < -0.4 is 0 Å². The van der Waals surface area contributed by atoms with Crippen molar-refractivity contribution >= 4 is 17.7 Å². The van der Waals surface area contributed by atoms with Crippen molar-refractivity contribution in [1.82, 2.24) is 0 Å². The first-order valence-corrected chi connectivity index (χ1v) is 11.2. The van der Waals surface area contributed by atoms with Crippen LogP contribution in [0.1, 0.15) is 79.6 Å². The Balaban J connectivity index is 1.72. The molecular weight excluding hydrogens is 368 g/mol. The summed E-state index contributed by atoms with van der Waals surface area (Å²) < 4.78 is 11.6. The van der Waals surface area contributed by atoms with Crippen LogP contribution >= 0.6 is 0 Å². The van der Waals surface area contributed by atoms with Crippen LogP contribution in [-0.4, -0.2) is 23.5 Å². The molecule has 0 unspecified atom stereocenters. The first kappa shape index (κ1) is 20.6. The molecule has 0 N–H and O–H groups in total.